The van der Waals surface area contributed by atoms with Crippen molar-refractivity contribution in [1.29, 1.82) is 0 Å². The van der Waals surface area contributed by atoms with E-state index in [1.54, 1.807) is 0 Å². The maximum atomic E-state index is 13.1. The van der Waals surface area contributed by atoms with E-state index in [2.05, 4.69) is 41.5 Å². The van der Waals surface area contributed by atoms with Gasteiger partial charge in [-0.1, -0.05) is 350 Å². The average molecular weight is 1410 g/mol. The summed E-state index contributed by atoms with van der Waals surface area (Å²) in [4.78, 5) is 72.9. The van der Waals surface area contributed by atoms with Crippen molar-refractivity contribution in [2.24, 2.45) is 11.8 Å². The third kappa shape index (κ3) is 69.2. The lowest BCUT2D eigenvalue weighted by atomic mass is 9.99. The Morgan fingerprint density at radius 3 is 0.792 bits per heavy atom. The highest BCUT2D eigenvalue weighted by molar-refractivity contribution is 7.47. The minimum Gasteiger partial charge on any atom is -0.462 e. The molecule has 0 saturated heterocycles. The standard InChI is InChI=1S/C77H150O17P2/c1-7-10-12-14-16-18-20-22-23-24-25-26-27-31-36-43-49-55-61-76(81)93-72(65-87-75(80)60-54-48-42-35-32-28-29-33-39-45-51-57-69(4)5)67-91-95(83,84)89-63-71(78)64-90-96(85,86)92-68-73(94-77(82)62-56-50-44-38-37-40-46-52-58-70(6)9-3)66-88-74(79)59-53-47-41-34-30-21-19-17-15-13-11-8-2/h69-73,78H,7-68H2,1-6H3,(H,83,84)(H,85,86)/t70?,71-,72-,73-/m1/s1. The van der Waals surface area contributed by atoms with Crippen molar-refractivity contribution < 1.29 is 80.2 Å². The first-order valence-corrected chi connectivity index (χ1v) is 43.0. The van der Waals surface area contributed by atoms with Gasteiger partial charge < -0.3 is 33.8 Å². The molecule has 0 spiro atoms. The highest BCUT2D eigenvalue weighted by atomic mass is 31.2. The molecule has 17 nitrogen and oxygen atoms in total. The lowest BCUT2D eigenvalue weighted by molar-refractivity contribution is -0.161. The Balaban J connectivity index is 5.25. The van der Waals surface area contributed by atoms with E-state index in [9.17, 15) is 43.2 Å². The number of aliphatic hydroxyl groups excluding tert-OH is 1. The molecule has 0 aliphatic carbocycles. The molecule has 6 atom stereocenters. The monoisotopic (exact) mass is 1410 g/mol. The van der Waals surface area contributed by atoms with Crippen molar-refractivity contribution >= 4 is 39.5 Å². The Morgan fingerprint density at radius 1 is 0.302 bits per heavy atom. The minimum absolute atomic E-state index is 0.105. The van der Waals surface area contributed by atoms with Crippen LogP contribution in [-0.4, -0.2) is 96.7 Å². The Hall–Kier alpha value is -1.94. The van der Waals surface area contributed by atoms with Gasteiger partial charge in [0.1, 0.15) is 19.3 Å². The number of hydrogen-bond acceptors (Lipinski definition) is 15. The van der Waals surface area contributed by atoms with Crippen molar-refractivity contribution in [2.45, 2.75) is 419 Å². The van der Waals surface area contributed by atoms with Crippen molar-refractivity contribution in [2.75, 3.05) is 39.6 Å². The van der Waals surface area contributed by atoms with Gasteiger partial charge in [-0.05, 0) is 37.5 Å². The second-order valence-electron chi connectivity index (χ2n) is 28.5. The first-order valence-electron chi connectivity index (χ1n) is 40.0. The van der Waals surface area contributed by atoms with Crippen LogP contribution >= 0.6 is 15.6 Å². The van der Waals surface area contributed by atoms with E-state index in [4.69, 9.17) is 37.0 Å². The number of esters is 4. The van der Waals surface area contributed by atoms with Crippen LogP contribution in [0.1, 0.15) is 401 Å². The summed E-state index contributed by atoms with van der Waals surface area (Å²) in [6.45, 7) is 9.61. The van der Waals surface area contributed by atoms with Gasteiger partial charge >= 0.3 is 39.5 Å². The summed E-state index contributed by atoms with van der Waals surface area (Å²) < 4.78 is 68.6. The quantitative estimate of drug-likeness (QED) is 0.0222. The lowest BCUT2D eigenvalue weighted by Crippen LogP contribution is -2.30. The maximum Gasteiger partial charge on any atom is 0.472 e. The molecule has 0 radical (unpaired) electrons. The van der Waals surface area contributed by atoms with Gasteiger partial charge in [0.2, 0.25) is 0 Å². The summed E-state index contributed by atoms with van der Waals surface area (Å²) >= 11 is 0. The summed E-state index contributed by atoms with van der Waals surface area (Å²) in [6.07, 6.45) is 56.7. The molecule has 0 bridgehead atoms. The fourth-order valence-electron chi connectivity index (χ4n) is 11.8. The predicted octanol–water partition coefficient (Wildman–Crippen LogP) is 22.7. The number of ether oxygens (including phenoxy) is 4. The van der Waals surface area contributed by atoms with Crippen molar-refractivity contribution in [3.05, 3.63) is 0 Å². The predicted molar refractivity (Wildman–Crippen MR) is 391 cm³/mol. The van der Waals surface area contributed by atoms with Crippen LogP contribution in [0.2, 0.25) is 0 Å². The number of carbonyl (C=O) groups excluding carboxylic acids is 4. The van der Waals surface area contributed by atoms with Crippen LogP contribution < -0.4 is 0 Å². The first kappa shape index (κ1) is 94.1. The molecule has 96 heavy (non-hydrogen) atoms. The number of phosphoric acid groups is 2. The molecular formula is C77H150O17P2. The highest BCUT2D eigenvalue weighted by Crippen LogP contribution is 2.45. The van der Waals surface area contributed by atoms with E-state index in [0.717, 1.165) is 102 Å². The van der Waals surface area contributed by atoms with E-state index < -0.39 is 97.5 Å². The smallest absolute Gasteiger partial charge is 0.462 e. The van der Waals surface area contributed by atoms with Gasteiger partial charge in [0, 0.05) is 25.7 Å². The van der Waals surface area contributed by atoms with E-state index >= 15 is 0 Å². The second kappa shape index (κ2) is 68.8. The summed E-state index contributed by atoms with van der Waals surface area (Å²) in [5.41, 5.74) is 0. The molecule has 0 saturated carbocycles. The molecule has 3 N–H and O–H groups in total. The summed E-state index contributed by atoms with van der Waals surface area (Å²) in [6, 6.07) is 0. The normalized spacial score (nSPS) is 14.3. The molecule has 0 rings (SSSR count). The zero-order valence-electron chi connectivity index (χ0n) is 62.7. The van der Waals surface area contributed by atoms with Crippen molar-refractivity contribution in [3.8, 4) is 0 Å². The van der Waals surface area contributed by atoms with Crippen LogP contribution in [0.3, 0.4) is 0 Å². The van der Waals surface area contributed by atoms with Crippen LogP contribution in [0, 0.1) is 11.8 Å². The molecule has 0 heterocycles. The number of hydrogen-bond donors (Lipinski definition) is 3. The summed E-state index contributed by atoms with van der Waals surface area (Å²) in [5, 5.41) is 10.6. The largest absolute Gasteiger partial charge is 0.472 e. The molecule has 570 valence electrons. The minimum atomic E-state index is -4.96. The van der Waals surface area contributed by atoms with E-state index in [1.165, 1.54) is 218 Å². The van der Waals surface area contributed by atoms with Crippen LogP contribution in [0.4, 0.5) is 0 Å². The van der Waals surface area contributed by atoms with Gasteiger partial charge in [-0.25, -0.2) is 9.13 Å². The zero-order chi connectivity index (χ0) is 70.7. The van der Waals surface area contributed by atoms with Crippen molar-refractivity contribution in [1.82, 2.24) is 0 Å². The maximum absolute atomic E-state index is 13.1. The Labute approximate surface area is 588 Å². The number of phosphoric ester groups is 2. The molecule has 3 unspecified atom stereocenters. The molecular weight excluding hydrogens is 1260 g/mol. The Kier molecular flexibility index (Phi) is 67.4. The summed E-state index contributed by atoms with van der Waals surface area (Å²) in [5.74, 6) is -0.573. The van der Waals surface area contributed by atoms with Gasteiger partial charge in [0.25, 0.3) is 0 Å². The molecule has 0 aromatic heterocycles. The van der Waals surface area contributed by atoms with Gasteiger partial charge in [-0.15, -0.1) is 0 Å². The number of rotatable bonds is 76. The van der Waals surface area contributed by atoms with Gasteiger partial charge in [0.15, 0.2) is 12.2 Å². The summed E-state index contributed by atoms with van der Waals surface area (Å²) in [7, 11) is -9.91. The molecule has 0 fully saturated rings. The van der Waals surface area contributed by atoms with E-state index in [0.29, 0.717) is 25.7 Å². The molecule has 0 aromatic rings. The van der Waals surface area contributed by atoms with E-state index in [-0.39, 0.29) is 25.7 Å². The molecule has 0 aromatic carbocycles. The molecule has 19 heteroatoms. The molecule has 0 amide bonds. The van der Waals surface area contributed by atoms with Gasteiger partial charge in [-0.2, -0.15) is 0 Å². The first-order chi connectivity index (χ1) is 46.4. The van der Waals surface area contributed by atoms with Gasteiger partial charge in [0.05, 0.1) is 26.4 Å². The van der Waals surface area contributed by atoms with Crippen LogP contribution in [0.25, 0.3) is 0 Å². The van der Waals surface area contributed by atoms with Crippen LogP contribution in [0.15, 0.2) is 0 Å². The third-order valence-corrected chi connectivity index (χ3v) is 20.2. The fraction of sp³-hybridized carbons (Fsp3) is 0.948. The number of aliphatic hydroxyl groups is 1. The van der Waals surface area contributed by atoms with Crippen molar-refractivity contribution in [3.63, 3.8) is 0 Å². The third-order valence-electron chi connectivity index (χ3n) is 18.3. The Morgan fingerprint density at radius 2 is 0.531 bits per heavy atom. The van der Waals surface area contributed by atoms with Gasteiger partial charge in [-0.3, -0.25) is 37.3 Å². The average Bonchev–Trinajstić information content (AvgIpc) is 1.34. The Bertz CT molecular complexity index is 1860. The second-order valence-corrected chi connectivity index (χ2v) is 31.4. The zero-order valence-corrected chi connectivity index (χ0v) is 64.5. The van der Waals surface area contributed by atoms with Crippen LogP contribution in [-0.2, 0) is 65.4 Å². The molecule has 0 aliphatic rings. The number of carbonyl (C=O) groups is 4. The topological polar surface area (TPSA) is 237 Å². The number of unbranched alkanes of at least 4 members (excludes halogenated alkanes) is 45. The van der Waals surface area contributed by atoms with Crippen LogP contribution in [0.5, 0.6) is 0 Å². The fourth-order valence-corrected chi connectivity index (χ4v) is 13.4. The SMILES string of the molecule is CCCCCCCCCCCCCCCCCCCCC(=O)O[C@H](COC(=O)CCCCCCCCCCCCCC(C)C)COP(=O)(O)OC[C@@H](O)COP(=O)(O)OC[C@@H](COC(=O)CCCCCCCCCCCCCC)OC(=O)CCCCCCCCCCC(C)CC. The molecule has 0 aliphatic heterocycles. The lowest BCUT2D eigenvalue weighted by Gasteiger charge is -2.21. The van der Waals surface area contributed by atoms with E-state index in [1.807, 2.05) is 0 Å². The highest BCUT2D eigenvalue weighted by Gasteiger charge is 2.30.